The number of aryl methyl sites for hydroxylation is 1. The quantitative estimate of drug-likeness (QED) is 0.524. The number of fused-ring (bicyclic) bond motifs is 5. The van der Waals surface area contributed by atoms with Crippen LogP contribution in [0.2, 0.25) is 0 Å². The van der Waals surface area contributed by atoms with Gasteiger partial charge in [-0.2, -0.15) is 0 Å². The highest BCUT2D eigenvalue weighted by Gasteiger charge is 2.59. The fourth-order valence-corrected chi connectivity index (χ4v) is 8.86. The van der Waals surface area contributed by atoms with Crippen LogP contribution in [0.3, 0.4) is 0 Å². The molecule has 164 valence electrons. The lowest BCUT2D eigenvalue weighted by Crippen LogP contribution is -2.50. The molecule has 4 aliphatic carbocycles. The SMILES string of the molecule is C[C@H](CCc1ccccc1)[C@H]1CC[C@H]2[C@@H]3CC=C4C[C@@H](O)CC[C@]4(C)[C@H]3CC[C@]12C. The minimum atomic E-state index is -0.0870. The van der Waals surface area contributed by atoms with Crippen LogP contribution in [0.25, 0.3) is 0 Å². The molecule has 0 aromatic heterocycles. The van der Waals surface area contributed by atoms with Gasteiger partial charge >= 0.3 is 0 Å². The number of benzene rings is 1. The summed E-state index contributed by atoms with van der Waals surface area (Å²) in [6, 6.07) is 11.1. The van der Waals surface area contributed by atoms with Crippen molar-refractivity contribution >= 4 is 0 Å². The molecular formula is C29H42O. The molecule has 3 fully saturated rings. The second-order valence-corrected chi connectivity index (χ2v) is 11.9. The standard InChI is InChI=1S/C29H42O/c1-20(9-10-21-7-5-4-6-8-21)25-13-14-26-24-12-11-22-19-23(30)15-17-28(22,2)27(24)16-18-29(25,26)3/h4-8,11,20,23-27,30H,9-10,12-19H2,1-3H3/t20-,23+,24+,25-,26+,27+,28+,29-/m1/s1. The van der Waals surface area contributed by atoms with E-state index in [9.17, 15) is 5.11 Å². The van der Waals surface area contributed by atoms with Crippen molar-refractivity contribution in [2.24, 2.45) is 40.4 Å². The number of allylic oxidation sites excluding steroid dienone is 1. The largest absolute Gasteiger partial charge is 0.393 e. The van der Waals surface area contributed by atoms with Crippen molar-refractivity contribution in [2.45, 2.75) is 91.1 Å². The van der Waals surface area contributed by atoms with Crippen LogP contribution < -0.4 is 0 Å². The molecule has 1 aromatic carbocycles. The Morgan fingerprint density at radius 3 is 2.60 bits per heavy atom. The van der Waals surface area contributed by atoms with Gasteiger partial charge in [-0.15, -0.1) is 0 Å². The molecule has 4 aliphatic rings. The minimum Gasteiger partial charge on any atom is -0.393 e. The average molecular weight is 407 g/mol. The molecule has 0 saturated heterocycles. The Labute approximate surface area is 184 Å². The zero-order valence-electron chi connectivity index (χ0n) is 19.4. The zero-order chi connectivity index (χ0) is 20.9. The van der Waals surface area contributed by atoms with E-state index in [0.29, 0.717) is 10.8 Å². The van der Waals surface area contributed by atoms with Crippen molar-refractivity contribution in [1.82, 2.24) is 0 Å². The predicted octanol–water partition coefficient (Wildman–Crippen LogP) is 7.20. The van der Waals surface area contributed by atoms with Gasteiger partial charge in [0, 0.05) is 0 Å². The first-order chi connectivity index (χ1) is 14.4. The van der Waals surface area contributed by atoms with Crippen LogP contribution in [0, 0.1) is 40.4 Å². The maximum absolute atomic E-state index is 10.2. The van der Waals surface area contributed by atoms with Gasteiger partial charge in [0.2, 0.25) is 0 Å². The molecule has 0 radical (unpaired) electrons. The number of rotatable bonds is 4. The first-order valence-corrected chi connectivity index (χ1v) is 12.8. The van der Waals surface area contributed by atoms with E-state index in [0.717, 1.165) is 42.4 Å². The average Bonchev–Trinajstić information content (AvgIpc) is 3.10. The van der Waals surface area contributed by atoms with Gasteiger partial charge in [0.15, 0.2) is 0 Å². The highest BCUT2D eigenvalue weighted by atomic mass is 16.3. The molecule has 1 N–H and O–H groups in total. The maximum Gasteiger partial charge on any atom is 0.0577 e. The van der Waals surface area contributed by atoms with Gasteiger partial charge in [-0.3, -0.25) is 0 Å². The third kappa shape index (κ3) is 3.31. The van der Waals surface area contributed by atoms with E-state index in [4.69, 9.17) is 0 Å². The summed E-state index contributed by atoms with van der Waals surface area (Å²) in [7, 11) is 0. The van der Waals surface area contributed by atoms with Crippen LogP contribution in [0.1, 0.15) is 84.1 Å². The Morgan fingerprint density at radius 1 is 1.00 bits per heavy atom. The lowest BCUT2D eigenvalue weighted by atomic mass is 9.47. The summed E-state index contributed by atoms with van der Waals surface area (Å²) in [4.78, 5) is 0. The fraction of sp³-hybridized carbons (Fsp3) is 0.724. The van der Waals surface area contributed by atoms with Crippen LogP contribution in [-0.4, -0.2) is 11.2 Å². The summed E-state index contributed by atoms with van der Waals surface area (Å²) in [5.41, 5.74) is 4.04. The highest BCUT2D eigenvalue weighted by molar-refractivity contribution is 5.25. The Bertz CT molecular complexity index is 781. The van der Waals surface area contributed by atoms with Gasteiger partial charge < -0.3 is 5.11 Å². The summed E-state index contributed by atoms with van der Waals surface area (Å²) in [6.07, 6.45) is 15.3. The van der Waals surface area contributed by atoms with Crippen molar-refractivity contribution in [3.63, 3.8) is 0 Å². The smallest absolute Gasteiger partial charge is 0.0577 e. The van der Waals surface area contributed by atoms with Crippen molar-refractivity contribution in [1.29, 1.82) is 0 Å². The maximum atomic E-state index is 10.2. The molecule has 8 atom stereocenters. The van der Waals surface area contributed by atoms with Gasteiger partial charge in [0.25, 0.3) is 0 Å². The molecule has 0 spiro atoms. The Hall–Kier alpha value is -1.08. The van der Waals surface area contributed by atoms with Crippen molar-refractivity contribution < 1.29 is 5.11 Å². The van der Waals surface area contributed by atoms with Crippen LogP contribution in [0.15, 0.2) is 42.0 Å². The van der Waals surface area contributed by atoms with Gasteiger partial charge in [-0.05, 0) is 110 Å². The van der Waals surface area contributed by atoms with Gasteiger partial charge in [0.05, 0.1) is 6.10 Å². The van der Waals surface area contributed by atoms with E-state index in [-0.39, 0.29) is 6.10 Å². The fourth-order valence-electron chi connectivity index (χ4n) is 8.86. The normalized spacial score (nSPS) is 43.9. The summed E-state index contributed by atoms with van der Waals surface area (Å²) in [5.74, 6) is 4.40. The molecule has 1 heteroatoms. The molecule has 1 nitrogen and oxygen atoms in total. The molecule has 5 rings (SSSR count). The number of aliphatic hydroxyl groups is 1. The van der Waals surface area contributed by atoms with Gasteiger partial charge in [-0.25, -0.2) is 0 Å². The molecule has 30 heavy (non-hydrogen) atoms. The van der Waals surface area contributed by atoms with Crippen LogP contribution in [0.5, 0.6) is 0 Å². The molecule has 3 saturated carbocycles. The first-order valence-electron chi connectivity index (χ1n) is 12.8. The molecular weight excluding hydrogens is 364 g/mol. The highest BCUT2D eigenvalue weighted by Crippen LogP contribution is 2.67. The van der Waals surface area contributed by atoms with E-state index < -0.39 is 0 Å². The Kier molecular flexibility index (Phi) is 5.41. The van der Waals surface area contributed by atoms with Crippen molar-refractivity contribution in [3.05, 3.63) is 47.5 Å². The number of hydrogen-bond acceptors (Lipinski definition) is 1. The summed E-state index contributed by atoms with van der Waals surface area (Å²) in [5, 5.41) is 10.2. The van der Waals surface area contributed by atoms with Crippen molar-refractivity contribution in [3.8, 4) is 0 Å². The van der Waals surface area contributed by atoms with E-state index in [1.165, 1.54) is 56.9 Å². The number of hydrogen-bond donors (Lipinski definition) is 1. The minimum absolute atomic E-state index is 0.0870. The molecule has 0 unspecified atom stereocenters. The second-order valence-electron chi connectivity index (χ2n) is 11.9. The van der Waals surface area contributed by atoms with E-state index >= 15 is 0 Å². The van der Waals surface area contributed by atoms with Crippen molar-refractivity contribution in [2.75, 3.05) is 0 Å². The molecule has 1 aromatic rings. The lowest BCUT2D eigenvalue weighted by Gasteiger charge is -2.58. The van der Waals surface area contributed by atoms with E-state index in [1.807, 2.05) is 0 Å². The Morgan fingerprint density at radius 2 is 1.80 bits per heavy atom. The predicted molar refractivity (Wildman–Crippen MR) is 125 cm³/mol. The topological polar surface area (TPSA) is 20.2 Å². The van der Waals surface area contributed by atoms with Crippen LogP contribution >= 0.6 is 0 Å². The third-order valence-electron chi connectivity index (χ3n) is 10.6. The van der Waals surface area contributed by atoms with E-state index in [2.05, 4.69) is 57.2 Å². The van der Waals surface area contributed by atoms with E-state index in [1.54, 1.807) is 5.57 Å². The number of aliphatic hydroxyl groups excluding tert-OH is 1. The molecule has 0 amide bonds. The first kappa shape index (κ1) is 20.8. The van der Waals surface area contributed by atoms with Crippen LogP contribution in [-0.2, 0) is 6.42 Å². The molecule has 0 bridgehead atoms. The second kappa shape index (κ2) is 7.80. The lowest BCUT2D eigenvalue weighted by molar-refractivity contribution is -0.0571. The third-order valence-corrected chi connectivity index (χ3v) is 10.6. The Balaban J connectivity index is 1.31. The zero-order valence-corrected chi connectivity index (χ0v) is 19.4. The van der Waals surface area contributed by atoms with Crippen LogP contribution in [0.4, 0.5) is 0 Å². The molecule has 0 aliphatic heterocycles. The van der Waals surface area contributed by atoms with Gasteiger partial charge in [-0.1, -0.05) is 62.8 Å². The summed E-state index contributed by atoms with van der Waals surface area (Å²) >= 11 is 0. The summed E-state index contributed by atoms with van der Waals surface area (Å²) in [6.45, 7) is 7.78. The van der Waals surface area contributed by atoms with Gasteiger partial charge in [0.1, 0.15) is 0 Å². The monoisotopic (exact) mass is 406 g/mol. The molecule has 0 heterocycles. The summed E-state index contributed by atoms with van der Waals surface area (Å²) < 4.78 is 0.